The molecule has 0 aromatic heterocycles. The summed E-state index contributed by atoms with van der Waals surface area (Å²) >= 11 is 2.95. The number of alkyl halides is 1. The number of hydrogen-bond acceptors (Lipinski definition) is 2. The number of amides is 2. The summed E-state index contributed by atoms with van der Waals surface area (Å²) in [6.45, 7) is 2.32. The summed E-state index contributed by atoms with van der Waals surface area (Å²) in [5.41, 5.74) is 0. The van der Waals surface area contributed by atoms with Crippen molar-refractivity contribution in [3.8, 4) is 0 Å². The highest BCUT2D eigenvalue weighted by Gasteiger charge is 2.20. The van der Waals surface area contributed by atoms with Crippen LogP contribution in [0.5, 0.6) is 0 Å². The van der Waals surface area contributed by atoms with E-state index in [0.29, 0.717) is 6.54 Å². The Morgan fingerprint density at radius 3 is 2.36 bits per heavy atom. The van der Waals surface area contributed by atoms with Gasteiger partial charge in [-0.15, -0.1) is 0 Å². The molecule has 4 nitrogen and oxygen atoms in total. The quantitative estimate of drug-likeness (QED) is 0.506. The molecule has 1 atom stereocenters. The van der Waals surface area contributed by atoms with E-state index < -0.39 is 4.83 Å². The molecule has 0 saturated heterocycles. The van der Waals surface area contributed by atoms with Gasteiger partial charge in [-0.2, -0.15) is 0 Å². The third-order valence-corrected chi connectivity index (χ3v) is 1.89. The van der Waals surface area contributed by atoms with Crippen molar-refractivity contribution >= 4 is 27.7 Å². The van der Waals surface area contributed by atoms with Gasteiger partial charge in [-0.25, -0.2) is 0 Å². The SMILES string of the molecule is CCNC(=O)C(Br)C(=O)NC. The number of rotatable bonds is 3. The third kappa shape index (κ3) is 3.36. The maximum absolute atomic E-state index is 10.9. The summed E-state index contributed by atoms with van der Waals surface area (Å²) in [6.07, 6.45) is 0. The zero-order valence-corrected chi connectivity index (χ0v) is 8.06. The lowest BCUT2D eigenvalue weighted by atomic mass is 10.4. The Hall–Kier alpha value is -0.580. The molecule has 0 aromatic rings. The van der Waals surface area contributed by atoms with Gasteiger partial charge in [-0.1, -0.05) is 15.9 Å². The van der Waals surface area contributed by atoms with Crippen LogP contribution in [-0.4, -0.2) is 30.2 Å². The Bertz CT molecular complexity index is 161. The van der Waals surface area contributed by atoms with Crippen LogP contribution in [0, 0.1) is 0 Å². The molecule has 2 N–H and O–H groups in total. The second-order valence-corrected chi connectivity index (χ2v) is 2.79. The van der Waals surface area contributed by atoms with Gasteiger partial charge in [0.2, 0.25) is 11.8 Å². The maximum atomic E-state index is 10.9. The third-order valence-electron chi connectivity index (χ3n) is 1.06. The fourth-order valence-electron chi connectivity index (χ4n) is 0.510. The first-order valence-corrected chi connectivity index (χ1v) is 4.18. The highest BCUT2D eigenvalue weighted by Crippen LogP contribution is 1.98. The van der Waals surface area contributed by atoms with Crippen molar-refractivity contribution in [2.75, 3.05) is 13.6 Å². The summed E-state index contributed by atoms with van der Waals surface area (Å²) < 4.78 is 0. The van der Waals surface area contributed by atoms with E-state index in [4.69, 9.17) is 0 Å². The first-order chi connectivity index (χ1) is 5.13. The summed E-state index contributed by atoms with van der Waals surface area (Å²) in [5.74, 6) is -0.650. The topological polar surface area (TPSA) is 58.2 Å². The average molecular weight is 223 g/mol. The average Bonchev–Trinajstić information content (AvgIpc) is 2.02. The lowest BCUT2D eigenvalue weighted by Gasteiger charge is -2.06. The molecule has 0 aliphatic rings. The lowest BCUT2D eigenvalue weighted by Crippen LogP contribution is -2.40. The van der Waals surface area contributed by atoms with E-state index in [2.05, 4.69) is 26.6 Å². The van der Waals surface area contributed by atoms with Crippen LogP contribution in [0.4, 0.5) is 0 Å². The van der Waals surface area contributed by atoms with Crippen LogP contribution >= 0.6 is 15.9 Å². The second kappa shape index (κ2) is 5.12. The normalized spacial score (nSPS) is 11.9. The minimum atomic E-state index is -0.785. The Morgan fingerprint density at radius 2 is 2.00 bits per heavy atom. The monoisotopic (exact) mass is 222 g/mol. The molecular weight excluding hydrogens is 212 g/mol. The fraction of sp³-hybridized carbons (Fsp3) is 0.667. The second-order valence-electron chi connectivity index (χ2n) is 1.87. The molecule has 0 aliphatic heterocycles. The molecule has 5 heteroatoms. The molecule has 1 unspecified atom stereocenters. The van der Waals surface area contributed by atoms with Crippen molar-refractivity contribution in [2.45, 2.75) is 11.8 Å². The van der Waals surface area contributed by atoms with E-state index >= 15 is 0 Å². The number of carbonyl (C=O) groups excluding carboxylic acids is 2. The molecule has 0 rings (SSSR count). The number of nitrogens with one attached hydrogen (secondary N) is 2. The fourth-order valence-corrected chi connectivity index (χ4v) is 0.900. The van der Waals surface area contributed by atoms with Gasteiger partial charge < -0.3 is 10.6 Å². The summed E-state index contributed by atoms with van der Waals surface area (Å²) in [5, 5.41) is 4.87. The molecule has 0 bridgehead atoms. The van der Waals surface area contributed by atoms with Crippen LogP contribution in [0.3, 0.4) is 0 Å². The van der Waals surface area contributed by atoms with Gasteiger partial charge in [0.25, 0.3) is 0 Å². The van der Waals surface area contributed by atoms with Gasteiger partial charge in [-0.3, -0.25) is 9.59 Å². The predicted octanol–water partition coefficient (Wildman–Crippen LogP) is -0.368. The van der Waals surface area contributed by atoms with E-state index in [1.807, 2.05) is 0 Å². The summed E-state index contributed by atoms with van der Waals surface area (Å²) in [7, 11) is 1.48. The minimum absolute atomic E-state index is 0.313. The number of halogens is 1. The van der Waals surface area contributed by atoms with E-state index in [-0.39, 0.29) is 11.8 Å². The zero-order chi connectivity index (χ0) is 8.85. The van der Waals surface area contributed by atoms with Crippen molar-refractivity contribution in [2.24, 2.45) is 0 Å². The lowest BCUT2D eigenvalue weighted by molar-refractivity contribution is -0.127. The highest BCUT2D eigenvalue weighted by atomic mass is 79.9. The van der Waals surface area contributed by atoms with E-state index in [9.17, 15) is 9.59 Å². The Balaban J connectivity index is 3.91. The van der Waals surface area contributed by atoms with Gasteiger partial charge in [0.1, 0.15) is 0 Å². The van der Waals surface area contributed by atoms with Gasteiger partial charge in [0, 0.05) is 13.6 Å². The van der Waals surface area contributed by atoms with Crippen LogP contribution in [0.1, 0.15) is 6.92 Å². The standard InChI is InChI=1S/C6H11BrN2O2/c1-3-9-6(11)4(7)5(10)8-2/h4H,3H2,1-2H3,(H,8,10)(H,9,11). The smallest absolute Gasteiger partial charge is 0.243 e. The Labute approximate surface area is 73.9 Å². The predicted molar refractivity (Wildman–Crippen MR) is 45.5 cm³/mol. The van der Waals surface area contributed by atoms with Gasteiger partial charge in [-0.05, 0) is 6.92 Å². The van der Waals surface area contributed by atoms with Crippen LogP contribution in [0.25, 0.3) is 0 Å². The van der Waals surface area contributed by atoms with Crippen molar-refractivity contribution in [3.05, 3.63) is 0 Å². The van der Waals surface area contributed by atoms with Crippen LogP contribution in [-0.2, 0) is 9.59 Å². The van der Waals surface area contributed by atoms with Crippen molar-refractivity contribution < 1.29 is 9.59 Å². The molecule has 11 heavy (non-hydrogen) atoms. The van der Waals surface area contributed by atoms with E-state index in [1.54, 1.807) is 6.92 Å². The summed E-state index contributed by atoms with van der Waals surface area (Å²) in [4.78, 5) is 20.9. The number of hydrogen-bond donors (Lipinski definition) is 2. The van der Waals surface area contributed by atoms with Gasteiger partial charge in [0.05, 0.1) is 0 Å². The molecule has 0 saturated carbocycles. The van der Waals surface area contributed by atoms with E-state index in [0.717, 1.165) is 0 Å². The molecule has 0 aromatic carbocycles. The van der Waals surface area contributed by atoms with E-state index in [1.165, 1.54) is 7.05 Å². The first kappa shape index (κ1) is 10.4. The molecule has 0 heterocycles. The first-order valence-electron chi connectivity index (χ1n) is 3.26. The Kier molecular flexibility index (Phi) is 4.85. The van der Waals surface area contributed by atoms with Gasteiger partial charge >= 0.3 is 0 Å². The van der Waals surface area contributed by atoms with Crippen LogP contribution in [0.2, 0.25) is 0 Å². The van der Waals surface area contributed by atoms with Crippen molar-refractivity contribution in [3.63, 3.8) is 0 Å². The summed E-state index contributed by atoms with van der Waals surface area (Å²) in [6, 6.07) is 0. The van der Waals surface area contributed by atoms with Crippen molar-refractivity contribution in [1.29, 1.82) is 0 Å². The molecule has 0 fully saturated rings. The molecule has 0 aliphatic carbocycles. The largest absolute Gasteiger partial charge is 0.358 e. The molecule has 0 radical (unpaired) electrons. The zero-order valence-electron chi connectivity index (χ0n) is 6.48. The highest BCUT2D eigenvalue weighted by molar-refractivity contribution is 9.10. The molecule has 2 amide bonds. The van der Waals surface area contributed by atoms with Crippen molar-refractivity contribution in [1.82, 2.24) is 10.6 Å². The minimum Gasteiger partial charge on any atom is -0.358 e. The number of carbonyl (C=O) groups is 2. The van der Waals surface area contributed by atoms with Crippen LogP contribution < -0.4 is 10.6 Å². The molecule has 0 spiro atoms. The maximum Gasteiger partial charge on any atom is 0.243 e. The molecule has 64 valence electrons. The Morgan fingerprint density at radius 1 is 1.45 bits per heavy atom. The van der Waals surface area contributed by atoms with Crippen LogP contribution in [0.15, 0.2) is 0 Å². The van der Waals surface area contributed by atoms with Gasteiger partial charge in [0.15, 0.2) is 4.83 Å². The molecular formula is C6H11BrN2O2.